The van der Waals surface area contributed by atoms with E-state index in [1.807, 2.05) is 6.92 Å². The molecule has 2 aliphatic heterocycles. The molecular formula is C16H24O9. The van der Waals surface area contributed by atoms with Crippen molar-refractivity contribution < 1.29 is 44.5 Å². The Labute approximate surface area is 144 Å². The highest BCUT2D eigenvalue weighted by Gasteiger charge is 2.50. The number of aliphatic carboxylic acids is 1. The maximum Gasteiger partial charge on any atom is 0.334 e. The molecule has 0 amide bonds. The van der Waals surface area contributed by atoms with Crippen LogP contribution in [-0.4, -0.2) is 75.1 Å². The first-order valence-corrected chi connectivity index (χ1v) is 8.40. The number of aliphatic hydroxyl groups excluding tert-OH is 4. The number of ether oxygens (including phenoxy) is 3. The van der Waals surface area contributed by atoms with E-state index in [4.69, 9.17) is 14.2 Å². The standard InChI is InChI=1S/C16H24O9/c1-6-2-3-7-8(14(21)22)5-23-15(10(6)7)25-16-13(20)12(19)11(18)9(4-17)24-16/h5-7,9-13,15-20H,2-4H2,1H3,(H,21,22)/t6-,7+,9-,10-,11-,12+,13-,15+,16+/m1/s1. The van der Waals surface area contributed by atoms with Gasteiger partial charge in [-0.05, 0) is 18.8 Å². The number of fused-ring (bicyclic) bond motifs is 1. The lowest BCUT2D eigenvalue weighted by Gasteiger charge is -2.43. The molecule has 0 spiro atoms. The normalized spacial score (nSPS) is 46.9. The maximum atomic E-state index is 11.4. The van der Waals surface area contributed by atoms with Gasteiger partial charge < -0.3 is 39.7 Å². The summed E-state index contributed by atoms with van der Waals surface area (Å²) in [6.45, 7) is 1.42. The van der Waals surface area contributed by atoms with Crippen LogP contribution < -0.4 is 0 Å². The van der Waals surface area contributed by atoms with Crippen LogP contribution in [-0.2, 0) is 19.0 Å². The Morgan fingerprint density at radius 1 is 1.20 bits per heavy atom. The summed E-state index contributed by atoms with van der Waals surface area (Å²) in [5, 5.41) is 48.3. The largest absolute Gasteiger partial charge is 0.478 e. The SMILES string of the molecule is C[C@@H]1CC[C@H]2C(C(=O)O)=CO[C@@H](O[C@@H]3O[C@H](CO)[C@@H](O)[C@H](O)[C@H]3O)[C@H]12. The highest BCUT2D eigenvalue weighted by Crippen LogP contribution is 2.47. The van der Waals surface area contributed by atoms with Crippen LogP contribution >= 0.6 is 0 Å². The third kappa shape index (κ3) is 3.27. The first kappa shape index (κ1) is 18.6. The summed E-state index contributed by atoms with van der Waals surface area (Å²) in [7, 11) is 0. The van der Waals surface area contributed by atoms with Crippen molar-refractivity contribution >= 4 is 5.97 Å². The minimum atomic E-state index is -1.54. The van der Waals surface area contributed by atoms with Gasteiger partial charge in [-0.2, -0.15) is 0 Å². The molecule has 3 aliphatic rings. The molecule has 0 radical (unpaired) electrons. The molecule has 9 nitrogen and oxygen atoms in total. The first-order chi connectivity index (χ1) is 11.8. The molecule has 0 unspecified atom stereocenters. The van der Waals surface area contributed by atoms with E-state index in [-0.39, 0.29) is 23.3 Å². The molecular weight excluding hydrogens is 336 g/mol. The predicted molar refractivity (Wildman–Crippen MR) is 80.8 cm³/mol. The van der Waals surface area contributed by atoms with Gasteiger partial charge in [0, 0.05) is 11.8 Å². The van der Waals surface area contributed by atoms with Gasteiger partial charge in [0.25, 0.3) is 0 Å². The Hall–Kier alpha value is -1.23. The summed E-state index contributed by atoms with van der Waals surface area (Å²) in [5.74, 6) is -1.35. The number of aliphatic hydroxyl groups is 4. The Kier molecular flexibility index (Phi) is 5.33. The summed E-state index contributed by atoms with van der Waals surface area (Å²) in [6.07, 6.45) is -5.10. The lowest BCUT2D eigenvalue weighted by molar-refractivity contribution is -0.342. The molecule has 0 aromatic heterocycles. The van der Waals surface area contributed by atoms with Crippen molar-refractivity contribution in [2.75, 3.05) is 6.61 Å². The molecule has 1 saturated heterocycles. The van der Waals surface area contributed by atoms with E-state index in [2.05, 4.69) is 0 Å². The van der Waals surface area contributed by atoms with Crippen molar-refractivity contribution in [1.82, 2.24) is 0 Å². The Morgan fingerprint density at radius 2 is 1.92 bits per heavy atom. The Bertz CT molecular complexity index is 534. The molecule has 1 saturated carbocycles. The predicted octanol–water partition coefficient (Wildman–Crippen LogP) is -1.21. The van der Waals surface area contributed by atoms with Crippen molar-refractivity contribution in [3.8, 4) is 0 Å². The van der Waals surface area contributed by atoms with Gasteiger partial charge in [0.1, 0.15) is 24.4 Å². The van der Waals surface area contributed by atoms with Crippen molar-refractivity contribution in [3.63, 3.8) is 0 Å². The van der Waals surface area contributed by atoms with E-state index in [0.29, 0.717) is 6.42 Å². The van der Waals surface area contributed by atoms with Gasteiger partial charge in [-0.15, -0.1) is 0 Å². The highest BCUT2D eigenvalue weighted by atomic mass is 16.8. The van der Waals surface area contributed by atoms with Crippen LogP contribution in [0.2, 0.25) is 0 Å². The molecule has 5 N–H and O–H groups in total. The smallest absolute Gasteiger partial charge is 0.334 e. The van der Waals surface area contributed by atoms with Crippen molar-refractivity contribution in [1.29, 1.82) is 0 Å². The molecule has 9 atom stereocenters. The first-order valence-electron chi connectivity index (χ1n) is 8.40. The van der Waals surface area contributed by atoms with Crippen LogP contribution in [0.3, 0.4) is 0 Å². The number of rotatable bonds is 4. The summed E-state index contributed by atoms with van der Waals surface area (Å²) in [4.78, 5) is 11.4. The van der Waals surface area contributed by atoms with Gasteiger partial charge >= 0.3 is 5.97 Å². The van der Waals surface area contributed by atoms with Gasteiger partial charge in [0.05, 0.1) is 18.4 Å². The summed E-state index contributed by atoms with van der Waals surface area (Å²) in [6, 6.07) is 0. The van der Waals surface area contributed by atoms with Crippen LogP contribution in [0.15, 0.2) is 11.8 Å². The average Bonchev–Trinajstić information content (AvgIpc) is 2.97. The van der Waals surface area contributed by atoms with E-state index < -0.39 is 49.6 Å². The fourth-order valence-corrected chi connectivity index (χ4v) is 4.01. The molecule has 2 heterocycles. The molecule has 0 aromatic carbocycles. The second-order valence-corrected chi connectivity index (χ2v) is 6.95. The topological polar surface area (TPSA) is 146 Å². The Morgan fingerprint density at radius 3 is 2.56 bits per heavy atom. The zero-order valence-corrected chi connectivity index (χ0v) is 13.8. The van der Waals surface area contributed by atoms with Gasteiger partial charge in [-0.25, -0.2) is 4.79 Å². The molecule has 0 aromatic rings. The average molecular weight is 360 g/mol. The lowest BCUT2D eigenvalue weighted by Crippen LogP contribution is -2.60. The van der Waals surface area contributed by atoms with E-state index in [0.717, 1.165) is 12.7 Å². The van der Waals surface area contributed by atoms with Crippen LogP contribution in [0.4, 0.5) is 0 Å². The number of hydrogen-bond donors (Lipinski definition) is 5. The fourth-order valence-electron chi connectivity index (χ4n) is 4.01. The van der Waals surface area contributed by atoms with E-state index in [1.165, 1.54) is 0 Å². The van der Waals surface area contributed by atoms with Crippen molar-refractivity contribution in [3.05, 3.63) is 11.8 Å². The minimum absolute atomic E-state index is 0.142. The zero-order chi connectivity index (χ0) is 18.3. The van der Waals surface area contributed by atoms with Crippen molar-refractivity contribution in [2.45, 2.75) is 56.8 Å². The molecule has 142 valence electrons. The third-order valence-corrected chi connectivity index (χ3v) is 5.46. The highest BCUT2D eigenvalue weighted by molar-refractivity contribution is 5.87. The lowest BCUT2D eigenvalue weighted by atomic mass is 9.83. The maximum absolute atomic E-state index is 11.4. The van der Waals surface area contributed by atoms with E-state index in [9.17, 15) is 30.3 Å². The number of carbonyl (C=O) groups is 1. The van der Waals surface area contributed by atoms with Crippen molar-refractivity contribution in [2.24, 2.45) is 17.8 Å². The molecule has 9 heteroatoms. The van der Waals surface area contributed by atoms with E-state index >= 15 is 0 Å². The molecule has 25 heavy (non-hydrogen) atoms. The van der Waals surface area contributed by atoms with Gasteiger partial charge in [0.2, 0.25) is 6.29 Å². The second-order valence-electron chi connectivity index (χ2n) is 6.95. The number of carboxylic acid groups (broad SMARTS) is 1. The molecule has 1 aliphatic carbocycles. The summed E-state index contributed by atoms with van der Waals surface area (Å²) in [5.41, 5.74) is 0.197. The van der Waals surface area contributed by atoms with Gasteiger partial charge in [-0.3, -0.25) is 0 Å². The quantitative estimate of drug-likeness (QED) is 0.417. The summed E-state index contributed by atoms with van der Waals surface area (Å²) >= 11 is 0. The van der Waals surface area contributed by atoms with Crippen LogP contribution in [0.25, 0.3) is 0 Å². The number of carboxylic acids is 1. The summed E-state index contributed by atoms with van der Waals surface area (Å²) < 4.78 is 16.5. The Balaban J connectivity index is 1.77. The van der Waals surface area contributed by atoms with Crippen LogP contribution in [0.1, 0.15) is 19.8 Å². The molecule has 3 rings (SSSR count). The molecule has 0 bridgehead atoms. The third-order valence-electron chi connectivity index (χ3n) is 5.46. The second kappa shape index (κ2) is 7.18. The van der Waals surface area contributed by atoms with Gasteiger partial charge in [-0.1, -0.05) is 6.92 Å². The van der Waals surface area contributed by atoms with Crippen LogP contribution in [0, 0.1) is 17.8 Å². The van der Waals surface area contributed by atoms with Crippen LogP contribution in [0.5, 0.6) is 0 Å². The monoisotopic (exact) mass is 360 g/mol. The fraction of sp³-hybridized carbons (Fsp3) is 0.812. The van der Waals surface area contributed by atoms with E-state index in [1.54, 1.807) is 0 Å². The van der Waals surface area contributed by atoms with Gasteiger partial charge in [0.15, 0.2) is 6.29 Å². The zero-order valence-electron chi connectivity index (χ0n) is 13.8. The molecule has 2 fully saturated rings. The number of hydrogen-bond acceptors (Lipinski definition) is 8. The minimum Gasteiger partial charge on any atom is -0.478 e.